The molecule has 1 heterocycles. The van der Waals surface area contributed by atoms with Gasteiger partial charge in [-0.2, -0.15) is 0 Å². The molecule has 0 spiro atoms. The molecule has 48 valence electrons. The van der Waals surface area contributed by atoms with Crippen LogP contribution in [0.3, 0.4) is 0 Å². The summed E-state index contributed by atoms with van der Waals surface area (Å²) in [5.74, 6) is 0. The first-order chi connectivity index (χ1) is 3.70. The van der Waals surface area contributed by atoms with Gasteiger partial charge in [0.1, 0.15) is 0 Å². The molecule has 0 aromatic carbocycles. The fourth-order valence-corrected chi connectivity index (χ4v) is 1.77. The molecule has 1 saturated heterocycles. The largest absolute Gasteiger partial charge is 0.299 e. The summed E-state index contributed by atoms with van der Waals surface area (Å²) in [6, 6.07) is 0.766. The lowest BCUT2D eigenvalue weighted by Crippen LogP contribution is -1.92. The van der Waals surface area contributed by atoms with E-state index in [1.165, 1.54) is 0 Å². The second-order valence-corrected chi connectivity index (χ2v) is 4.28. The first-order valence-electron chi connectivity index (χ1n) is 3.11. The zero-order chi connectivity index (χ0) is 6.15. The maximum atomic E-state index is 3.33. The van der Waals surface area contributed by atoms with Crippen LogP contribution in [0.1, 0.15) is 20.8 Å². The monoisotopic (exact) mass is 131 g/mol. The van der Waals surface area contributed by atoms with Gasteiger partial charge in [0, 0.05) is 11.3 Å². The number of rotatable bonds is 2. The number of thioether (sulfide) groups is 1. The second-order valence-electron chi connectivity index (χ2n) is 2.56. The smallest absolute Gasteiger partial charge is 0.0690 e. The molecule has 8 heavy (non-hydrogen) atoms. The van der Waals surface area contributed by atoms with Crippen molar-refractivity contribution in [2.45, 2.75) is 37.4 Å². The van der Waals surface area contributed by atoms with E-state index in [-0.39, 0.29) is 0 Å². The standard InChI is InChI=1S/C6H13NS/c1-4(2)8-6-5(3)7-6/h4-7H,1-3H3/t5-,6-/m1/s1. The van der Waals surface area contributed by atoms with Crippen molar-refractivity contribution in [2.24, 2.45) is 0 Å². The molecular weight excluding hydrogens is 118 g/mol. The Morgan fingerprint density at radius 2 is 2.00 bits per heavy atom. The second kappa shape index (κ2) is 2.28. The van der Waals surface area contributed by atoms with Crippen LogP contribution in [0.4, 0.5) is 0 Å². The minimum atomic E-state index is 0.759. The predicted molar refractivity (Wildman–Crippen MR) is 39.1 cm³/mol. The van der Waals surface area contributed by atoms with E-state index in [2.05, 4.69) is 26.1 Å². The first kappa shape index (κ1) is 6.43. The van der Waals surface area contributed by atoms with Crippen LogP contribution in [-0.4, -0.2) is 16.7 Å². The van der Waals surface area contributed by atoms with Gasteiger partial charge < -0.3 is 0 Å². The molecule has 1 N–H and O–H groups in total. The maximum Gasteiger partial charge on any atom is 0.0690 e. The minimum Gasteiger partial charge on any atom is -0.299 e. The predicted octanol–water partition coefficient (Wildman–Crippen LogP) is 1.45. The fourth-order valence-electron chi connectivity index (χ4n) is 0.654. The van der Waals surface area contributed by atoms with E-state index in [0.29, 0.717) is 0 Å². The van der Waals surface area contributed by atoms with Crippen molar-refractivity contribution >= 4 is 11.8 Å². The molecule has 0 radical (unpaired) electrons. The Kier molecular flexibility index (Phi) is 1.83. The van der Waals surface area contributed by atoms with Crippen LogP contribution < -0.4 is 5.32 Å². The highest BCUT2D eigenvalue weighted by Crippen LogP contribution is 2.26. The van der Waals surface area contributed by atoms with Crippen molar-refractivity contribution in [1.29, 1.82) is 0 Å². The van der Waals surface area contributed by atoms with Crippen LogP contribution in [0.15, 0.2) is 0 Å². The highest BCUT2D eigenvalue weighted by Gasteiger charge is 2.32. The fraction of sp³-hybridized carbons (Fsp3) is 1.00. The normalized spacial score (nSPS) is 36.0. The Morgan fingerprint density at radius 3 is 2.12 bits per heavy atom. The van der Waals surface area contributed by atoms with Gasteiger partial charge in [0.15, 0.2) is 0 Å². The molecule has 0 saturated carbocycles. The third kappa shape index (κ3) is 1.67. The zero-order valence-corrected chi connectivity index (χ0v) is 6.46. The molecule has 1 fully saturated rings. The van der Waals surface area contributed by atoms with Gasteiger partial charge in [0.25, 0.3) is 0 Å². The molecule has 1 nitrogen and oxygen atoms in total. The zero-order valence-electron chi connectivity index (χ0n) is 5.64. The summed E-state index contributed by atoms with van der Waals surface area (Å²) in [7, 11) is 0. The van der Waals surface area contributed by atoms with Crippen molar-refractivity contribution in [3.63, 3.8) is 0 Å². The molecule has 0 amide bonds. The lowest BCUT2D eigenvalue weighted by molar-refractivity contribution is 1.09. The first-order valence-corrected chi connectivity index (χ1v) is 4.06. The molecule has 1 aliphatic rings. The lowest BCUT2D eigenvalue weighted by Gasteiger charge is -1.98. The van der Waals surface area contributed by atoms with Crippen molar-refractivity contribution in [2.75, 3.05) is 0 Å². The summed E-state index contributed by atoms with van der Waals surface area (Å²) in [6.07, 6.45) is 0. The summed E-state index contributed by atoms with van der Waals surface area (Å²) >= 11 is 2.02. The number of hydrogen-bond donors (Lipinski definition) is 1. The third-order valence-corrected chi connectivity index (χ3v) is 2.57. The molecular formula is C6H13NS. The van der Waals surface area contributed by atoms with E-state index in [1.54, 1.807) is 0 Å². The summed E-state index contributed by atoms with van der Waals surface area (Å²) < 4.78 is 0. The highest BCUT2D eigenvalue weighted by molar-refractivity contribution is 8.00. The van der Waals surface area contributed by atoms with Gasteiger partial charge in [0.05, 0.1) is 5.37 Å². The average molecular weight is 131 g/mol. The minimum absolute atomic E-state index is 0.759. The molecule has 0 aromatic rings. The third-order valence-electron chi connectivity index (χ3n) is 1.19. The van der Waals surface area contributed by atoms with Crippen LogP contribution in [-0.2, 0) is 0 Å². The van der Waals surface area contributed by atoms with Crippen LogP contribution in [0.25, 0.3) is 0 Å². The Balaban J connectivity index is 2.05. The van der Waals surface area contributed by atoms with Crippen LogP contribution in [0, 0.1) is 0 Å². The van der Waals surface area contributed by atoms with E-state index < -0.39 is 0 Å². The Bertz CT molecular complexity index is 82.6. The van der Waals surface area contributed by atoms with Gasteiger partial charge in [-0.3, -0.25) is 5.32 Å². The number of hydrogen-bond acceptors (Lipinski definition) is 2. The molecule has 0 unspecified atom stereocenters. The topological polar surface area (TPSA) is 21.9 Å². The summed E-state index contributed by atoms with van der Waals surface area (Å²) in [5, 5.41) is 4.86. The van der Waals surface area contributed by atoms with Crippen LogP contribution in [0.2, 0.25) is 0 Å². The molecule has 1 rings (SSSR count). The summed E-state index contributed by atoms with van der Waals surface area (Å²) in [4.78, 5) is 0. The van der Waals surface area contributed by atoms with Gasteiger partial charge in [-0.25, -0.2) is 0 Å². The average Bonchev–Trinajstić information content (AvgIpc) is 2.17. The van der Waals surface area contributed by atoms with E-state index in [4.69, 9.17) is 0 Å². The van der Waals surface area contributed by atoms with Gasteiger partial charge >= 0.3 is 0 Å². The lowest BCUT2D eigenvalue weighted by atomic mass is 10.6. The van der Waals surface area contributed by atoms with Crippen molar-refractivity contribution < 1.29 is 0 Å². The molecule has 2 atom stereocenters. The SMILES string of the molecule is CC(C)S[C@H]1N[C@@H]1C. The molecule has 0 aromatic heterocycles. The van der Waals surface area contributed by atoms with E-state index >= 15 is 0 Å². The van der Waals surface area contributed by atoms with Crippen LogP contribution >= 0.6 is 11.8 Å². The molecule has 1 aliphatic heterocycles. The summed E-state index contributed by atoms with van der Waals surface area (Å²) in [5.41, 5.74) is 0. The molecule has 0 aliphatic carbocycles. The van der Waals surface area contributed by atoms with Gasteiger partial charge in [0.2, 0.25) is 0 Å². The van der Waals surface area contributed by atoms with E-state index in [0.717, 1.165) is 16.7 Å². The Morgan fingerprint density at radius 1 is 1.50 bits per heavy atom. The van der Waals surface area contributed by atoms with Crippen LogP contribution in [0.5, 0.6) is 0 Å². The van der Waals surface area contributed by atoms with Crippen molar-refractivity contribution in [1.82, 2.24) is 5.32 Å². The van der Waals surface area contributed by atoms with Gasteiger partial charge in [-0.15, -0.1) is 11.8 Å². The highest BCUT2D eigenvalue weighted by atomic mass is 32.2. The Labute approximate surface area is 55.2 Å². The molecule has 0 bridgehead atoms. The molecule has 2 heteroatoms. The number of nitrogens with one attached hydrogen (secondary N) is 1. The van der Waals surface area contributed by atoms with Gasteiger partial charge in [-0.05, 0) is 6.92 Å². The van der Waals surface area contributed by atoms with E-state index in [1.807, 2.05) is 11.8 Å². The quantitative estimate of drug-likeness (QED) is 0.573. The van der Waals surface area contributed by atoms with Gasteiger partial charge in [-0.1, -0.05) is 13.8 Å². The van der Waals surface area contributed by atoms with E-state index in [9.17, 15) is 0 Å². The maximum absolute atomic E-state index is 3.33. The van der Waals surface area contributed by atoms with Crippen molar-refractivity contribution in [3.8, 4) is 0 Å². The summed E-state index contributed by atoms with van der Waals surface area (Å²) in [6.45, 7) is 6.69. The Hall–Kier alpha value is 0.310. The van der Waals surface area contributed by atoms with Crippen molar-refractivity contribution in [3.05, 3.63) is 0 Å².